The third kappa shape index (κ3) is 2.21. The Morgan fingerprint density at radius 3 is 2.94 bits per heavy atom. The lowest BCUT2D eigenvalue weighted by Crippen LogP contribution is -2.02. The van der Waals surface area contributed by atoms with Crippen LogP contribution in [0.15, 0.2) is 6.20 Å². The molecule has 0 unspecified atom stereocenters. The van der Waals surface area contributed by atoms with E-state index in [0.717, 1.165) is 18.5 Å². The first kappa shape index (κ1) is 12.6. The number of nitrogens with two attached hydrogens (primary N) is 1. The molecule has 0 bridgehead atoms. The smallest absolute Gasteiger partial charge is 0.349 e. The fraction of sp³-hybridized carbons (Fsp3) is 0.364. The van der Waals surface area contributed by atoms with E-state index in [1.54, 1.807) is 6.20 Å². The van der Waals surface area contributed by atoms with Crippen molar-refractivity contribution in [2.75, 3.05) is 12.8 Å². The summed E-state index contributed by atoms with van der Waals surface area (Å²) in [6, 6.07) is 0. The number of nitrogens with zero attached hydrogens (tertiary/aromatic N) is 2. The summed E-state index contributed by atoms with van der Waals surface area (Å²) < 4.78 is 4.76. The Kier molecular flexibility index (Phi) is 3.61. The minimum atomic E-state index is -0.357. The molecule has 0 spiro atoms. The predicted octanol–water partition coefficient (Wildman–Crippen LogP) is 1.85. The molecule has 96 valence electrons. The van der Waals surface area contributed by atoms with Gasteiger partial charge in [0.1, 0.15) is 15.7 Å². The van der Waals surface area contributed by atoms with Gasteiger partial charge in [-0.25, -0.2) is 9.78 Å². The lowest BCUT2D eigenvalue weighted by atomic mass is 10.2. The van der Waals surface area contributed by atoms with E-state index >= 15 is 0 Å². The van der Waals surface area contributed by atoms with Crippen molar-refractivity contribution in [3.63, 3.8) is 0 Å². The van der Waals surface area contributed by atoms with Crippen LogP contribution in [0, 0.1) is 0 Å². The van der Waals surface area contributed by atoms with Gasteiger partial charge < -0.3 is 10.5 Å². The molecule has 2 rings (SSSR count). The first-order valence-corrected chi connectivity index (χ1v) is 6.36. The average molecular weight is 266 g/mol. The molecule has 2 aromatic rings. The van der Waals surface area contributed by atoms with Crippen LogP contribution in [0.4, 0.5) is 5.82 Å². The minimum absolute atomic E-state index is 0.357. The number of hydrogen-bond acceptors (Lipinski definition) is 6. The van der Waals surface area contributed by atoms with Crippen molar-refractivity contribution in [1.82, 2.24) is 15.2 Å². The molecule has 0 atom stereocenters. The molecule has 6 nitrogen and oxygen atoms in total. The number of nitrogen functional groups attached to an aromatic ring is 1. The number of hydrogen-bond donors (Lipinski definition) is 2. The molecule has 0 aliphatic heterocycles. The first-order valence-electron chi connectivity index (χ1n) is 5.54. The number of carbonyl (C=O) groups excluding carboxylic acids is 1. The summed E-state index contributed by atoms with van der Waals surface area (Å²) in [6.07, 6.45) is 3.25. The summed E-state index contributed by atoms with van der Waals surface area (Å²) in [7, 11) is 1.36. The number of anilines is 1. The van der Waals surface area contributed by atoms with E-state index < -0.39 is 0 Å². The van der Waals surface area contributed by atoms with Gasteiger partial charge in [0.15, 0.2) is 0 Å². The molecule has 0 amide bonds. The van der Waals surface area contributed by atoms with E-state index in [4.69, 9.17) is 10.5 Å². The van der Waals surface area contributed by atoms with Gasteiger partial charge in [0.05, 0.1) is 24.6 Å². The minimum Gasteiger partial charge on any atom is -0.465 e. The van der Waals surface area contributed by atoms with Crippen LogP contribution in [0.2, 0.25) is 0 Å². The third-order valence-corrected chi connectivity index (χ3v) is 3.57. The molecule has 0 aliphatic rings. The molecule has 7 heteroatoms. The molecular weight excluding hydrogens is 252 g/mol. The summed E-state index contributed by atoms with van der Waals surface area (Å²) in [5, 5.41) is 7.18. The maximum atomic E-state index is 11.7. The highest BCUT2D eigenvalue weighted by atomic mass is 32.1. The van der Waals surface area contributed by atoms with E-state index in [0.29, 0.717) is 21.3 Å². The summed E-state index contributed by atoms with van der Waals surface area (Å²) in [5.74, 6) is 0.0903. The molecule has 0 fully saturated rings. The lowest BCUT2D eigenvalue weighted by Gasteiger charge is -1.97. The van der Waals surface area contributed by atoms with Gasteiger partial charge in [-0.2, -0.15) is 5.10 Å². The van der Waals surface area contributed by atoms with Gasteiger partial charge in [-0.05, 0) is 6.42 Å². The van der Waals surface area contributed by atoms with Gasteiger partial charge in [-0.15, -0.1) is 11.3 Å². The van der Waals surface area contributed by atoms with Crippen LogP contribution in [-0.4, -0.2) is 28.3 Å². The quantitative estimate of drug-likeness (QED) is 0.824. The van der Waals surface area contributed by atoms with Crippen molar-refractivity contribution < 1.29 is 9.53 Å². The first-order chi connectivity index (χ1) is 8.67. The fourth-order valence-electron chi connectivity index (χ4n) is 1.59. The summed E-state index contributed by atoms with van der Waals surface area (Å²) >= 11 is 1.28. The zero-order valence-electron chi connectivity index (χ0n) is 10.2. The van der Waals surface area contributed by atoms with Gasteiger partial charge >= 0.3 is 5.97 Å². The van der Waals surface area contributed by atoms with E-state index in [2.05, 4.69) is 15.2 Å². The molecule has 0 radical (unpaired) electrons. The Labute approximate surface area is 108 Å². The van der Waals surface area contributed by atoms with E-state index in [9.17, 15) is 4.79 Å². The van der Waals surface area contributed by atoms with Crippen LogP contribution in [0.5, 0.6) is 0 Å². The monoisotopic (exact) mass is 266 g/mol. The normalized spacial score (nSPS) is 10.6. The number of nitrogens with one attached hydrogen (secondary N) is 1. The standard InChI is InChI=1S/C11H14N4O2S/c1-3-4-7-8(11(16)17-2)18-10(14-7)6-5-13-15-9(6)12/h5H,3-4H2,1-2H3,(H3,12,13,15). The number of esters is 1. The van der Waals surface area contributed by atoms with Crippen LogP contribution in [0.25, 0.3) is 10.6 Å². The molecular formula is C11H14N4O2S. The lowest BCUT2D eigenvalue weighted by molar-refractivity contribution is 0.0605. The zero-order valence-corrected chi connectivity index (χ0v) is 11.0. The summed E-state index contributed by atoms with van der Waals surface area (Å²) in [6.45, 7) is 2.03. The van der Waals surface area contributed by atoms with Crippen molar-refractivity contribution in [3.05, 3.63) is 16.8 Å². The maximum Gasteiger partial charge on any atom is 0.349 e. The molecule has 0 aliphatic carbocycles. The third-order valence-electron chi connectivity index (χ3n) is 2.45. The van der Waals surface area contributed by atoms with Gasteiger partial charge in [0, 0.05) is 0 Å². The van der Waals surface area contributed by atoms with Crippen molar-refractivity contribution in [3.8, 4) is 10.6 Å². The van der Waals surface area contributed by atoms with Crippen LogP contribution in [-0.2, 0) is 11.2 Å². The largest absolute Gasteiger partial charge is 0.465 e. The fourth-order valence-corrected chi connectivity index (χ4v) is 2.65. The second kappa shape index (κ2) is 5.18. The second-order valence-electron chi connectivity index (χ2n) is 3.73. The van der Waals surface area contributed by atoms with Gasteiger partial charge in [0.25, 0.3) is 0 Å². The number of thiazole rings is 1. The van der Waals surface area contributed by atoms with Crippen LogP contribution < -0.4 is 5.73 Å². The molecule has 2 heterocycles. The second-order valence-corrected chi connectivity index (χ2v) is 4.73. The number of aromatic nitrogens is 3. The molecule has 3 N–H and O–H groups in total. The molecule has 2 aromatic heterocycles. The number of rotatable bonds is 4. The Morgan fingerprint density at radius 1 is 1.61 bits per heavy atom. The SMILES string of the molecule is CCCc1nc(-c2cn[nH]c2N)sc1C(=O)OC. The zero-order chi connectivity index (χ0) is 13.1. The molecule has 0 saturated heterocycles. The van der Waals surface area contributed by atoms with E-state index in [1.807, 2.05) is 6.92 Å². The van der Waals surface area contributed by atoms with Crippen LogP contribution in [0.3, 0.4) is 0 Å². The highest BCUT2D eigenvalue weighted by Gasteiger charge is 2.20. The summed E-state index contributed by atoms with van der Waals surface area (Å²) in [5.41, 5.74) is 7.22. The average Bonchev–Trinajstić information content (AvgIpc) is 2.95. The van der Waals surface area contributed by atoms with E-state index in [1.165, 1.54) is 18.4 Å². The van der Waals surface area contributed by atoms with Crippen molar-refractivity contribution >= 4 is 23.1 Å². The highest BCUT2D eigenvalue weighted by molar-refractivity contribution is 7.17. The molecule has 0 saturated carbocycles. The van der Waals surface area contributed by atoms with Crippen molar-refractivity contribution in [2.24, 2.45) is 0 Å². The van der Waals surface area contributed by atoms with Crippen LogP contribution in [0.1, 0.15) is 28.7 Å². The van der Waals surface area contributed by atoms with Gasteiger partial charge in [-0.1, -0.05) is 13.3 Å². The van der Waals surface area contributed by atoms with Crippen molar-refractivity contribution in [1.29, 1.82) is 0 Å². The Morgan fingerprint density at radius 2 is 2.39 bits per heavy atom. The number of carbonyl (C=O) groups is 1. The Balaban J connectivity index is 2.45. The van der Waals surface area contributed by atoms with E-state index in [-0.39, 0.29) is 5.97 Å². The van der Waals surface area contributed by atoms with Crippen LogP contribution >= 0.6 is 11.3 Å². The Hall–Kier alpha value is -1.89. The number of aromatic amines is 1. The number of methoxy groups -OCH3 is 1. The van der Waals surface area contributed by atoms with Crippen molar-refractivity contribution in [2.45, 2.75) is 19.8 Å². The number of H-pyrrole nitrogens is 1. The number of ether oxygens (including phenoxy) is 1. The van der Waals surface area contributed by atoms with Gasteiger partial charge in [-0.3, -0.25) is 5.10 Å². The molecule has 0 aromatic carbocycles. The highest BCUT2D eigenvalue weighted by Crippen LogP contribution is 2.31. The van der Waals surface area contributed by atoms with Gasteiger partial charge in [0.2, 0.25) is 0 Å². The summed E-state index contributed by atoms with van der Waals surface area (Å²) in [4.78, 5) is 16.7. The molecule has 18 heavy (non-hydrogen) atoms. The maximum absolute atomic E-state index is 11.7. The number of aryl methyl sites for hydroxylation is 1. The Bertz CT molecular complexity index is 561. The predicted molar refractivity (Wildman–Crippen MR) is 69.4 cm³/mol. The topological polar surface area (TPSA) is 93.9 Å².